The van der Waals surface area contributed by atoms with Crippen molar-refractivity contribution in [2.45, 2.75) is 11.1 Å². The first-order chi connectivity index (χ1) is 8.12. The van der Waals surface area contributed by atoms with E-state index in [0.29, 0.717) is 12.1 Å². The predicted molar refractivity (Wildman–Crippen MR) is 58.0 cm³/mol. The zero-order chi connectivity index (χ0) is 14.1. The number of hydrogen-bond acceptors (Lipinski definition) is 3. The molecule has 1 aromatic rings. The Bertz CT molecular complexity index is 542. The largest absolute Gasteiger partial charge is 0.416 e. The van der Waals surface area contributed by atoms with Crippen LogP contribution in [0, 0.1) is 0 Å². The summed E-state index contributed by atoms with van der Waals surface area (Å²) in [5, 5.41) is 0. The van der Waals surface area contributed by atoms with Crippen molar-refractivity contribution in [1.29, 1.82) is 0 Å². The lowest BCUT2D eigenvalue weighted by Crippen LogP contribution is -2.22. The van der Waals surface area contributed by atoms with Crippen molar-refractivity contribution >= 4 is 16.6 Å². The van der Waals surface area contributed by atoms with E-state index in [0.717, 1.165) is 11.0 Å². The van der Waals surface area contributed by atoms with Gasteiger partial charge in [-0.2, -0.15) is 13.2 Å². The second-order valence-corrected chi connectivity index (χ2v) is 4.75. The molecule has 0 aromatic heterocycles. The maximum Gasteiger partial charge on any atom is 0.416 e. The molecule has 0 saturated carbocycles. The Balaban J connectivity index is 3.45. The number of amides is 1. The molecule has 0 heterocycles. The maximum atomic E-state index is 12.6. The van der Waals surface area contributed by atoms with E-state index in [-0.39, 0.29) is 5.56 Å². The summed E-state index contributed by atoms with van der Waals surface area (Å²) in [6.45, 7) is 0. The zero-order valence-electron chi connectivity index (χ0n) is 9.49. The van der Waals surface area contributed by atoms with Gasteiger partial charge in [0.1, 0.15) is 0 Å². The molecule has 0 fully saturated rings. The van der Waals surface area contributed by atoms with Crippen LogP contribution in [0.3, 0.4) is 0 Å². The van der Waals surface area contributed by atoms with Crippen molar-refractivity contribution in [2.75, 3.05) is 14.1 Å². The summed E-state index contributed by atoms with van der Waals surface area (Å²) in [5.74, 6) is -0.695. The Labute approximate surface area is 103 Å². The highest BCUT2D eigenvalue weighted by atomic mass is 32.2. The number of halogens is 3. The molecule has 4 nitrogen and oxygen atoms in total. The molecule has 18 heavy (non-hydrogen) atoms. The van der Waals surface area contributed by atoms with Gasteiger partial charge in [-0.25, -0.2) is 8.42 Å². The van der Waals surface area contributed by atoms with Gasteiger partial charge in [-0.1, -0.05) is 0 Å². The Morgan fingerprint density at radius 1 is 1.17 bits per heavy atom. The molecule has 0 saturated heterocycles. The molecule has 0 unspecified atom stereocenters. The second-order valence-electron chi connectivity index (χ2n) is 3.72. The Morgan fingerprint density at radius 3 is 2.11 bits per heavy atom. The van der Waals surface area contributed by atoms with E-state index >= 15 is 0 Å². The minimum Gasteiger partial charge on any atom is -0.345 e. The molecule has 0 aliphatic rings. The predicted octanol–water partition coefficient (Wildman–Crippen LogP) is 1.38. The molecule has 8 heteroatoms. The van der Waals surface area contributed by atoms with Crippen LogP contribution in [0.25, 0.3) is 0 Å². The van der Waals surface area contributed by atoms with Gasteiger partial charge in [-0.05, 0) is 18.2 Å². The van der Waals surface area contributed by atoms with Gasteiger partial charge in [-0.3, -0.25) is 4.79 Å². The van der Waals surface area contributed by atoms with Crippen molar-refractivity contribution in [3.05, 3.63) is 29.3 Å². The molecule has 1 rings (SSSR count). The third-order valence-corrected chi connectivity index (χ3v) is 2.79. The summed E-state index contributed by atoms with van der Waals surface area (Å²) in [4.78, 5) is 12.1. The Hall–Kier alpha value is -1.57. The van der Waals surface area contributed by atoms with Crippen molar-refractivity contribution in [2.24, 2.45) is 0 Å². The normalized spacial score (nSPS) is 11.7. The van der Waals surface area contributed by atoms with E-state index in [1.54, 1.807) is 0 Å². The molecule has 1 amide bonds. The number of hydrogen-bond donors (Lipinski definition) is 1. The monoisotopic (exact) mass is 281 g/mol. The van der Waals surface area contributed by atoms with Gasteiger partial charge in [0.25, 0.3) is 5.91 Å². The van der Waals surface area contributed by atoms with Crippen LogP contribution >= 0.6 is 0 Å². The Kier molecular flexibility index (Phi) is 4.00. The average Bonchev–Trinajstić information content (AvgIpc) is 2.26. The zero-order valence-corrected chi connectivity index (χ0v) is 10.4. The van der Waals surface area contributed by atoms with E-state index in [2.05, 4.69) is 0 Å². The third-order valence-electron chi connectivity index (χ3n) is 2.11. The van der Waals surface area contributed by atoms with E-state index in [1.807, 2.05) is 0 Å². The smallest absolute Gasteiger partial charge is 0.345 e. The summed E-state index contributed by atoms with van der Waals surface area (Å²) < 4.78 is 59.2. The SMILES string of the molecule is CN(C)C(=O)c1cc([SH](=O)=O)cc(C(F)(F)F)c1. The average molecular weight is 281 g/mol. The molecule has 0 aliphatic heterocycles. The van der Waals surface area contributed by atoms with Gasteiger partial charge >= 0.3 is 6.18 Å². The fraction of sp³-hybridized carbons (Fsp3) is 0.300. The second kappa shape index (κ2) is 4.97. The van der Waals surface area contributed by atoms with Gasteiger partial charge < -0.3 is 4.90 Å². The van der Waals surface area contributed by atoms with Gasteiger partial charge in [0.2, 0.25) is 0 Å². The molecular weight excluding hydrogens is 271 g/mol. The number of rotatable bonds is 2. The summed E-state index contributed by atoms with van der Waals surface area (Å²) in [6.07, 6.45) is -4.71. The number of thiol groups is 1. The van der Waals surface area contributed by atoms with Crippen LogP contribution in [-0.2, 0) is 16.9 Å². The molecule has 0 spiro atoms. The maximum absolute atomic E-state index is 12.6. The molecular formula is C10H10F3NO3S. The summed E-state index contributed by atoms with van der Waals surface area (Å²) >= 11 is 0. The van der Waals surface area contributed by atoms with Crippen LogP contribution in [0.1, 0.15) is 15.9 Å². The molecule has 100 valence electrons. The number of alkyl halides is 3. The first kappa shape index (κ1) is 14.5. The van der Waals surface area contributed by atoms with Gasteiger partial charge in [0.05, 0.1) is 10.5 Å². The quantitative estimate of drug-likeness (QED) is 0.833. The lowest BCUT2D eigenvalue weighted by molar-refractivity contribution is -0.137. The summed E-state index contributed by atoms with van der Waals surface area (Å²) in [5.41, 5.74) is -1.48. The van der Waals surface area contributed by atoms with Crippen LogP contribution in [0.15, 0.2) is 23.1 Å². The van der Waals surface area contributed by atoms with E-state index < -0.39 is 33.2 Å². The fourth-order valence-corrected chi connectivity index (χ4v) is 1.75. The minimum atomic E-state index is -4.71. The number of nitrogens with zero attached hydrogens (tertiary/aromatic N) is 1. The van der Waals surface area contributed by atoms with Crippen LogP contribution in [0.2, 0.25) is 0 Å². The summed E-state index contributed by atoms with van der Waals surface area (Å²) in [7, 11) is -0.469. The highest BCUT2D eigenvalue weighted by molar-refractivity contribution is 7.72. The Morgan fingerprint density at radius 2 is 1.72 bits per heavy atom. The number of carbonyl (C=O) groups is 1. The van der Waals surface area contributed by atoms with Crippen LogP contribution < -0.4 is 0 Å². The first-order valence-corrected chi connectivity index (χ1v) is 5.89. The van der Waals surface area contributed by atoms with Crippen LogP contribution in [-0.4, -0.2) is 33.3 Å². The first-order valence-electron chi connectivity index (χ1n) is 4.71. The van der Waals surface area contributed by atoms with E-state index in [4.69, 9.17) is 0 Å². The number of carbonyl (C=O) groups excluding carboxylic acids is 1. The van der Waals surface area contributed by atoms with Gasteiger partial charge in [0.15, 0.2) is 10.7 Å². The fourth-order valence-electron chi connectivity index (χ4n) is 1.26. The lowest BCUT2D eigenvalue weighted by atomic mass is 10.1. The molecule has 0 radical (unpaired) electrons. The molecule has 0 N–H and O–H groups in total. The topological polar surface area (TPSA) is 54.5 Å². The molecule has 0 aliphatic carbocycles. The van der Waals surface area contributed by atoms with Crippen molar-refractivity contribution < 1.29 is 26.4 Å². The van der Waals surface area contributed by atoms with E-state index in [1.165, 1.54) is 14.1 Å². The third kappa shape index (κ3) is 3.22. The highest BCUT2D eigenvalue weighted by Crippen LogP contribution is 2.31. The highest BCUT2D eigenvalue weighted by Gasteiger charge is 2.32. The van der Waals surface area contributed by atoms with Crippen LogP contribution in [0.5, 0.6) is 0 Å². The standard InChI is InChI=1S/C10H10F3NO3S/c1-14(2)9(15)6-3-7(10(11,12)13)5-8(4-6)18(16)17/h3-5,18H,1-2H3. The van der Waals surface area contributed by atoms with Gasteiger partial charge in [0, 0.05) is 19.7 Å². The summed E-state index contributed by atoms with van der Waals surface area (Å²) in [6, 6.07) is 2.05. The van der Waals surface area contributed by atoms with E-state index in [9.17, 15) is 26.4 Å². The molecule has 1 aromatic carbocycles. The molecule has 0 atom stereocenters. The van der Waals surface area contributed by atoms with Gasteiger partial charge in [-0.15, -0.1) is 0 Å². The van der Waals surface area contributed by atoms with Crippen molar-refractivity contribution in [1.82, 2.24) is 4.90 Å². The molecule has 0 bridgehead atoms. The lowest BCUT2D eigenvalue weighted by Gasteiger charge is -2.13. The minimum absolute atomic E-state index is 0.316. The van der Waals surface area contributed by atoms with Crippen LogP contribution in [0.4, 0.5) is 13.2 Å². The number of benzene rings is 1. The van der Waals surface area contributed by atoms with Crippen molar-refractivity contribution in [3.8, 4) is 0 Å². The van der Waals surface area contributed by atoms with Crippen molar-refractivity contribution in [3.63, 3.8) is 0 Å².